The number of carbonyl (C=O) groups excluding carboxylic acids is 1. The average Bonchev–Trinajstić information content (AvgIpc) is 2.88. The Hall–Kier alpha value is -1.06. The van der Waals surface area contributed by atoms with Crippen molar-refractivity contribution in [1.82, 2.24) is 5.32 Å². The van der Waals surface area contributed by atoms with Gasteiger partial charge in [-0.25, -0.2) is 0 Å². The fraction of sp³-hybridized carbons (Fsp3) is 0.857. The maximum atomic E-state index is 12.1. The highest BCUT2D eigenvalue weighted by atomic mass is 16.4. The molecule has 1 amide bonds. The molecule has 4 nitrogen and oxygen atoms in total. The van der Waals surface area contributed by atoms with Crippen molar-refractivity contribution in [3.05, 3.63) is 0 Å². The van der Waals surface area contributed by atoms with E-state index >= 15 is 0 Å². The van der Waals surface area contributed by atoms with Gasteiger partial charge >= 0.3 is 5.97 Å². The Balaban J connectivity index is 1.88. The maximum absolute atomic E-state index is 12.1. The minimum absolute atomic E-state index is 0.0440. The SMILES string of the molecule is CCC1CC(C(=O)O)C(C(=O)NCC2CC2C)C1. The molecule has 0 aliphatic heterocycles. The van der Waals surface area contributed by atoms with E-state index < -0.39 is 11.9 Å². The smallest absolute Gasteiger partial charge is 0.307 e. The summed E-state index contributed by atoms with van der Waals surface area (Å²) in [5, 5.41) is 12.1. The van der Waals surface area contributed by atoms with Crippen molar-refractivity contribution in [3.8, 4) is 0 Å². The minimum Gasteiger partial charge on any atom is -0.481 e. The predicted molar refractivity (Wildman–Crippen MR) is 67.9 cm³/mol. The topological polar surface area (TPSA) is 66.4 Å². The molecule has 4 heteroatoms. The van der Waals surface area contributed by atoms with E-state index in [9.17, 15) is 14.7 Å². The molecule has 2 aliphatic rings. The van der Waals surface area contributed by atoms with Gasteiger partial charge < -0.3 is 10.4 Å². The standard InChI is InChI=1S/C14H23NO3/c1-3-9-5-11(12(6-9)14(17)18)13(16)15-7-10-4-8(10)2/h8-12H,3-7H2,1-2H3,(H,15,16)(H,17,18). The molecule has 2 aliphatic carbocycles. The summed E-state index contributed by atoms with van der Waals surface area (Å²) in [7, 11) is 0. The first-order valence-corrected chi connectivity index (χ1v) is 7.03. The fourth-order valence-corrected chi connectivity index (χ4v) is 3.09. The minimum atomic E-state index is -0.814. The zero-order valence-corrected chi connectivity index (χ0v) is 11.2. The van der Waals surface area contributed by atoms with Gasteiger partial charge in [0.05, 0.1) is 11.8 Å². The Kier molecular flexibility index (Phi) is 3.93. The summed E-state index contributed by atoms with van der Waals surface area (Å²) in [6.45, 7) is 4.97. The summed E-state index contributed by atoms with van der Waals surface area (Å²) < 4.78 is 0. The zero-order chi connectivity index (χ0) is 13.3. The summed E-state index contributed by atoms with van der Waals surface area (Å²) in [4.78, 5) is 23.3. The normalized spacial score (nSPS) is 38.4. The van der Waals surface area contributed by atoms with Gasteiger partial charge in [-0.15, -0.1) is 0 Å². The van der Waals surface area contributed by atoms with E-state index in [1.54, 1.807) is 0 Å². The molecular formula is C14H23NO3. The van der Waals surface area contributed by atoms with Crippen LogP contribution >= 0.6 is 0 Å². The van der Waals surface area contributed by atoms with Gasteiger partial charge in [0.1, 0.15) is 0 Å². The number of carboxylic acids is 1. The first-order valence-electron chi connectivity index (χ1n) is 7.03. The lowest BCUT2D eigenvalue weighted by atomic mass is 9.95. The lowest BCUT2D eigenvalue weighted by molar-refractivity contribution is -0.146. The van der Waals surface area contributed by atoms with E-state index in [1.807, 2.05) is 0 Å². The van der Waals surface area contributed by atoms with Crippen LogP contribution < -0.4 is 5.32 Å². The van der Waals surface area contributed by atoms with Crippen LogP contribution in [0.15, 0.2) is 0 Å². The first kappa shape index (κ1) is 13.4. The highest BCUT2D eigenvalue weighted by Gasteiger charge is 2.42. The molecule has 0 aromatic rings. The Morgan fingerprint density at radius 3 is 2.33 bits per heavy atom. The second-order valence-electron chi connectivity index (χ2n) is 6.02. The van der Waals surface area contributed by atoms with Gasteiger partial charge in [0.2, 0.25) is 5.91 Å². The lowest BCUT2D eigenvalue weighted by Crippen LogP contribution is -2.36. The third-order valence-corrected chi connectivity index (χ3v) is 4.71. The number of amides is 1. The van der Waals surface area contributed by atoms with Crippen LogP contribution in [0.25, 0.3) is 0 Å². The van der Waals surface area contributed by atoms with E-state index in [1.165, 1.54) is 6.42 Å². The van der Waals surface area contributed by atoms with E-state index in [-0.39, 0.29) is 11.8 Å². The van der Waals surface area contributed by atoms with Crippen molar-refractivity contribution in [2.75, 3.05) is 6.54 Å². The van der Waals surface area contributed by atoms with Gasteiger partial charge in [-0.05, 0) is 37.0 Å². The van der Waals surface area contributed by atoms with E-state index in [4.69, 9.17) is 0 Å². The highest BCUT2D eigenvalue weighted by molar-refractivity contribution is 5.85. The first-order chi connectivity index (χ1) is 8.52. The van der Waals surface area contributed by atoms with Gasteiger partial charge in [0, 0.05) is 6.54 Å². The number of hydrogen-bond acceptors (Lipinski definition) is 2. The lowest BCUT2D eigenvalue weighted by Gasteiger charge is -2.15. The second-order valence-corrected chi connectivity index (χ2v) is 6.02. The second kappa shape index (κ2) is 5.29. The Morgan fingerprint density at radius 2 is 1.83 bits per heavy atom. The third-order valence-electron chi connectivity index (χ3n) is 4.71. The fourth-order valence-electron chi connectivity index (χ4n) is 3.09. The molecule has 0 heterocycles. The zero-order valence-electron chi connectivity index (χ0n) is 11.2. The van der Waals surface area contributed by atoms with E-state index in [2.05, 4.69) is 19.2 Å². The molecule has 0 aromatic carbocycles. The van der Waals surface area contributed by atoms with Crippen LogP contribution in [0.1, 0.15) is 39.5 Å². The van der Waals surface area contributed by atoms with Crippen molar-refractivity contribution in [2.45, 2.75) is 39.5 Å². The highest BCUT2D eigenvalue weighted by Crippen LogP contribution is 2.39. The third kappa shape index (κ3) is 2.85. The average molecular weight is 253 g/mol. The summed E-state index contributed by atoms with van der Waals surface area (Å²) in [5.41, 5.74) is 0. The molecule has 2 fully saturated rings. The number of carboxylic acid groups (broad SMARTS) is 1. The molecule has 2 rings (SSSR count). The van der Waals surface area contributed by atoms with Crippen LogP contribution in [0.2, 0.25) is 0 Å². The van der Waals surface area contributed by atoms with Crippen LogP contribution in [0.3, 0.4) is 0 Å². The van der Waals surface area contributed by atoms with Gasteiger partial charge in [0.25, 0.3) is 0 Å². The van der Waals surface area contributed by atoms with Crippen LogP contribution in [0.4, 0.5) is 0 Å². The molecule has 5 unspecified atom stereocenters. The van der Waals surface area contributed by atoms with E-state index in [0.717, 1.165) is 19.4 Å². The molecule has 102 valence electrons. The van der Waals surface area contributed by atoms with Crippen molar-refractivity contribution in [2.24, 2.45) is 29.6 Å². The molecule has 0 saturated heterocycles. The van der Waals surface area contributed by atoms with E-state index in [0.29, 0.717) is 24.2 Å². The predicted octanol–water partition coefficient (Wildman–Crippen LogP) is 1.90. The number of aliphatic carboxylic acids is 1. The summed E-state index contributed by atoms with van der Waals surface area (Å²) in [6.07, 6.45) is 3.54. The molecule has 0 aromatic heterocycles. The molecule has 0 spiro atoms. The van der Waals surface area contributed by atoms with Crippen LogP contribution in [-0.2, 0) is 9.59 Å². The van der Waals surface area contributed by atoms with Crippen LogP contribution in [0.5, 0.6) is 0 Å². The summed E-state index contributed by atoms with van der Waals surface area (Å²) >= 11 is 0. The van der Waals surface area contributed by atoms with Crippen LogP contribution in [0, 0.1) is 29.6 Å². The monoisotopic (exact) mass is 253 g/mol. The molecular weight excluding hydrogens is 230 g/mol. The molecule has 18 heavy (non-hydrogen) atoms. The summed E-state index contributed by atoms with van der Waals surface area (Å²) in [6, 6.07) is 0. The Labute approximate surface area is 108 Å². The number of rotatable bonds is 5. The van der Waals surface area contributed by atoms with Gasteiger partial charge in [-0.3, -0.25) is 9.59 Å². The molecule has 2 N–H and O–H groups in total. The molecule has 0 bridgehead atoms. The van der Waals surface area contributed by atoms with Crippen molar-refractivity contribution in [3.63, 3.8) is 0 Å². The Bertz CT molecular complexity index is 342. The maximum Gasteiger partial charge on any atom is 0.307 e. The van der Waals surface area contributed by atoms with Gasteiger partial charge in [-0.1, -0.05) is 20.3 Å². The van der Waals surface area contributed by atoms with Gasteiger partial charge in [0.15, 0.2) is 0 Å². The van der Waals surface area contributed by atoms with Gasteiger partial charge in [-0.2, -0.15) is 0 Å². The molecule has 5 atom stereocenters. The quantitative estimate of drug-likeness (QED) is 0.786. The van der Waals surface area contributed by atoms with Crippen molar-refractivity contribution < 1.29 is 14.7 Å². The largest absolute Gasteiger partial charge is 0.481 e. The summed E-state index contributed by atoms with van der Waals surface area (Å²) in [5.74, 6) is 0.0614. The number of hydrogen-bond donors (Lipinski definition) is 2. The molecule has 0 radical (unpaired) electrons. The Morgan fingerprint density at radius 1 is 1.22 bits per heavy atom. The van der Waals surface area contributed by atoms with Crippen molar-refractivity contribution >= 4 is 11.9 Å². The number of carbonyl (C=O) groups is 2. The van der Waals surface area contributed by atoms with Crippen LogP contribution in [-0.4, -0.2) is 23.5 Å². The number of nitrogens with one attached hydrogen (secondary N) is 1. The molecule has 2 saturated carbocycles. The van der Waals surface area contributed by atoms with Crippen molar-refractivity contribution in [1.29, 1.82) is 0 Å².